The maximum atomic E-state index is 12.2. The zero-order valence-corrected chi connectivity index (χ0v) is 10.8. The van der Waals surface area contributed by atoms with Crippen LogP contribution in [0, 0.1) is 0 Å². The van der Waals surface area contributed by atoms with Gasteiger partial charge in [-0.3, -0.25) is 9.59 Å². The number of fused-ring (bicyclic) bond motifs is 1. The number of carbonyl (C=O) groups excluding carboxylic acids is 2. The van der Waals surface area contributed by atoms with Gasteiger partial charge < -0.3 is 25.2 Å². The summed E-state index contributed by atoms with van der Waals surface area (Å²) in [6, 6.07) is 4.72. The number of aliphatic hydroxyl groups excluding tert-OH is 2. The van der Waals surface area contributed by atoms with E-state index in [0.717, 1.165) is 0 Å². The molecule has 2 rings (SSSR count). The van der Waals surface area contributed by atoms with Crippen molar-refractivity contribution in [2.75, 3.05) is 38.2 Å². The quantitative estimate of drug-likeness (QED) is 0.672. The van der Waals surface area contributed by atoms with E-state index in [2.05, 4.69) is 5.32 Å². The molecule has 0 fully saturated rings. The maximum absolute atomic E-state index is 12.2. The van der Waals surface area contributed by atoms with Crippen molar-refractivity contribution in [1.29, 1.82) is 0 Å². The predicted molar refractivity (Wildman–Crippen MR) is 70.6 cm³/mol. The first kappa shape index (κ1) is 14.3. The number of rotatable bonds is 5. The molecule has 0 spiro atoms. The molecule has 108 valence electrons. The van der Waals surface area contributed by atoms with Crippen molar-refractivity contribution in [3.05, 3.63) is 23.8 Å². The molecule has 0 atom stereocenters. The second-order valence-corrected chi connectivity index (χ2v) is 4.29. The molecular weight excluding hydrogens is 264 g/mol. The van der Waals surface area contributed by atoms with E-state index < -0.39 is 0 Å². The first-order chi connectivity index (χ1) is 9.65. The standard InChI is InChI=1S/C13H16N2O5/c16-5-3-15(4-6-17)13(19)9-1-2-11-10(7-9)14-12(18)8-20-11/h1-2,7,16-17H,3-6,8H2,(H,14,18). The number of hydrogen-bond acceptors (Lipinski definition) is 5. The molecule has 0 aliphatic carbocycles. The van der Waals surface area contributed by atoms with E-state index in [4.69, 9.17) is 14.9 Å². The van der Waals surface area contributed by atoms with Crippen LogP contribution in [0.3, 0.4) is 0 Å². The topological polar surface area (TPSA) is 99.1 Å². The highest BCUT2D eigenvalue weighted by molar-refractivity contribution is 5.99. The first-order valence-corrected chi connectivity index (χ1v) is 6.23. The average molecular weight is 280 g/mol. The van der Waals surface area contributed by atoms with Gasteiger partial charge in [0.15, 0.2) is 6.61 Å². The van der Waals surface area contributed by atoms with Gasteiger partial charge in [0.2, 0.25) is 0 Å². The van der Waals surface area contributed by atoms with Crippen molar-refractivity contribution in [3.63, 3.8) is 0 Å². The van der Waals surface area contributed by atoms with E-state index in [-0.39, 0.29) is 44.7 Å². The van der Waals surface area contributed by atoms with E-state index in [9.17, 15) is 9.59 Å². The van der Waals surface area contributed by atoms with Crippen molar-refractivity contribution in [2.45, 2.75) is 0 Å². The van der Waals surface area contributed by atoms with Gasteiger partial charge >= 0.3 is 0 Å². The van der Waals surface area contributed by atoms with Crippen LogP contribution in [-0.2, 0) is 4.79 Å². The number of nitrogens with one attached hydrogen (secondary N) is 1. The summed E-state index contributed by atoms with van der Waals surface area (Å²) in [5, 5.41) is 20.5. The Labute approximate surface area is 115 Å². The summed E-state index contributed by atoms with van der Waals surface area (Å²) < 4.78 is 5.21. The van der Waals surface area contributed by atoms with Gasteiger partial charge in [-0.1, -0.05) is 0 Å². The number of ether oxygens (including phenoxy) is 1. The van der Waals surface area contributed by atoms with Crippen LogP contribution in [0.4, 0.5) is 5.69 Å². The fourth-order valence-electron chi connectivity index (χ4n) is 1.96. The highest BCUT2D eigenvalue weighted by atomic mass is 16.5. The number of nitrogens with zero attached hydrogens (tertiary/aromatic N) is 1. The van der Waals surface area contributed by atoms with Crippen LogP contribution < -0.4 is 10.1 Å². The molecule has 0 radical (unpaired) electrons. The van der Waals surface area contributed by atoms with Gasteiger partial charge in [0, 0.05) is 18.7 Å². The SMILES string of the molecule is O=C1COc2ccc(C(=O)N(CCO)CCO)cc2N1. The normalized spacial score (nSPS) is 13.2. The lowest BCUT2D eigenvalue weighted by molar-refractivity contribution is -0.118. The summed E-state index contributed by atoms with van der Waals surface area (Å²) in [5.74, 6) is -0.0857. The third-order valence-electron chi connectivity index (χ3n) is 2.89. The summed E-state index contributed by atoms with van der Waals surface area (Å²) in [4.78, 5) is 24.8. The highest BCUT2D eigenvalue weighted by Crippen LogP contribution is 2.28. The smallest absolute Gasteiger partial charge is 0.262 e. The predicted octanol–water partition coefficient (Wildman–Crippen LogP) is -0.556. The Hall–Kier alpha value is -2.12. The molecule has 1 heterocycles. The molecule has 1 aromatic carbocycles. The van der Waals surface area contributed by atoms with Gasteiger partial charge in [0.25, 0.3) is 11.8 Å². The molecule has 1 aromatic rings. The molecule has 20 heavy (non-hydrogen) atoms. The molecule has 0 saturated carbocycles. The van der Waals surface area contributed by atoms with Gasteiger partial charge in [-0.15, -0.1) is 0 Å². The minimum atomic E-state index is -0.323. The van der Waals surface area contributed by atoms with Crippen molar-refractivity contribution in [3.8, 4) is 5.75 Å². The zero-order valence-electron chi connectivity index (χ0n) is 10.8. The van der Waals surface area contributed by atoms with Crippen LogP contribution in [0.1, 0.15) is 10.4 Å². The molecule has 1 aliphatic rings. The number of hydrogen-bond donors (Lipinski definition) is 3. The number of anilines is 1. The minimum absolute atomic E-state index is 0.0402. The second-order valence-electron chi connectivity index (χ2n) is 4.29. The lowest BCUT2D eigenvalue weighted by atomic mass is 10.1. The van der Waals surface area contributed by atoms with Crippen LogP contribution in [0.5, 0.6) is 5.75 Å². The van der Waals surface area contributed by atoms with E-state index in [1.54, 1.807) is 12.1 Å². The first-order valence-electron chi connectivity index (χ1n) is 6.23. The summed E-state index contributed by atoms with van der Waals surface area (Å²) in [7, 11) is 0. The largest absolute Gasteiger partial charge is 0.482 e. The van der Waals surface area contributed by atoms with Crippen LogP contribution in [0.15, 0.2) is 18.2 Å². The Morgan fingerprint density at radius 1 is 1.30 bits per heavy atom. The Balaban J connectivity index is 2.21. The molecule has 0 bridgehead atoms. The molecule has 0 aromatic heterocycles. The average Bonchev–Trinajstić information content (AvgIpc) is 2.45. The van der Waals surface area contributed by atoms with Gasteiger partial charge in [-0.25, -0.2) is 0 Å². The summed E-state index contributed by atoms with van der Waals surface area (Å²) >= 11 is 0. The molecular formula is C13H16N2O5. The highest BCUT2D eigenvalue weighted by Gasteiger charge is 2.20. The monoisotopic (exact) mass is 280 g/mol. The summed E-state index contributed by atoms with van der Waals surface area (Å²) in [6.07, 6.45) is 0. The molecule has 0 saturated heterocycles. The van der Waals surface area contributed by atoms with Crippen molar-refractivity contribution in [2.24, 2.45) is 0 Å². The maximum Gasteiger partial charge on any atom is 0.262 e. The minimum Gasteiger partial charge on any atom is -0.482 e. The van der Waals surface area contributed by atoms with Crippen LogP contribution in [-0.4, -0.2) is 59.8 Å². The van der Waals surface area contributed by atoms with Gasteiger partial charge in [-0.05, 0) is 18.2 Å². The molecule has 1 aliphatic heterocycles. The lowest BCUT2D eigenvalue weighted by Crippen LogP contribution is -2.36. The van der Waals surface area contributed by atoms with Crippen molar-refractivity contribution >= 4 is 17.5 Å². The summed E-state index contributed by atoms with van der Waals surface area (Å²) in [6.45, 7) is -0.132. The Morgan fingerprint density at radius 3 is 2.65 bits per heavy atom. The number of carbonyl (C=O) groups is 2. The van der Waals surface area contributed by atoms with Gasteiger partial charge in [0.05, 0.1) is 18.9 Å². The Kier molecular flexibility index (Phi) is 4.54. The molecule has 0 unspecified atom stereocenters. The Bertz CT molecular complexity index is 511. The molecule has 2 amide bonds. The molecule has 3 N–H and O–H groups in total. The molecule has 7 heteroatoms. The van der Waals surface area contributed by atoms with Crippen LogP contribution in [0.25, 0.3) is 0 Å². The number of amides is 2. The third-order valence-corrected chi connectivity index (χ3v) is 2.89. The fraction of sp³-hybridized carbons (Fsp3) is 0.385. The molecule has 7 nitrogen and oxygen atoms in total. The van der Waals surface area contributed by atoms with Crippen LogP contribution in [0.2, 0.25) is 0 Å². The lowest BCUT2D eigenvalue weighted by Gasteiger charge is -2.22. The summed E-state index contributed by atoms with van der Waals surface area (Å²) in [5.41, 5.74) is 0.802. The van der Waals surface area contributed by atoms with Crippen molar-refractivity contribution < 1.29 is 24.5 Å². The van der Waals surface area contributed by atoms with E-state index in [1.807, 2.05) is 0 Å². The zero-order chi connectivity index (χ0) is 14.5. The van der Waals surface area contributed by atoms with Gasteiger partial charge in [-0.2, -0.15) is 0 Å². The number of aliphatic hydroxyl groups is 2. The van der Waals surface area contributed by atoms with E-state index in [1.165, 1.54) is 11.0 Å². The van der Waals surface area contributed by atoms with Gasteiger partial charge in [0.1, 0.15) is 5.75 Å². The fourth-order valence-corrected chi connectivity index (χ4v) is 1.96. The van der Waals surface area contributed by atoms with Crippen molar-refractivity contribution in [1.82, 2.24) is 4.90 Å². The van der Waals surface area contributed by atoms with E-state index >= 15 is 0 Å². The Morgan fingerprint density at radius 2 is 2.00 bits per heavy atom. The van der Waals surface area contributed by atoms with E-state index in [0.29, 0.717) is 17.0 Å². The number of benzene rings is 1. The second kappa shape index (κ2) is 6.36. The third kappa shape index (κ3) is 3.06. The van der Waals surface area contributed by atoms with Crippen LogP contribution >= 0.6 is 0 Å².